The van der Waals surface area contributed by atoms with Crippen LogP contribution < -0.4 is 14.3 Å². The number of carbonyl (C=O) groups is 1. The molecule has 0 aliphatic rings. The van der Waals surface area contributed by atoms with Gasteiger partial charge in [0.1, 0.15) is 6.54 Å². The number of rotatable bonds is 8. The first-order valence-corrected chi connectivity index (χ1v) is 14.3. The third kappa shape index (κ3) is 7.02. The van der Waals surface area contributed by atoms with Crippen molar-refractivity contribution in [1.82, 2.24) is 0 Å². The zero-order chi connectivity index (χ0) is 26.0. The van der Waals surface area contributed by atoms with Crippen molar-refractivity contribution >= 4 is 77.8 Å². The topological polar surface area (TPSA) is 113 Å². The number of amides is 1. The summed E-state index contributed by atoms with van der Waals surface area (Å²) in [5, 5.41) is 3.34. The summed E-state index contributed by atoms with van der Waals surface area (Å²) in [6, 6.07) is 14.4. The number of hydrogen-bond acceptors (Lipinski definition) is 5. The second-order valence-corrected chi connectivity index (χ2v) is 12.3. The fraction of sp³-hybridized carbons (Fsp3) is 0.136. The van der Waals surface area contributed by atoms with E-state index in [0.29, 0.717) is 15.7 Å². The zero-order valence-corrected chi connectivity index (χ0v) is 22.3. The second-order valence-electron chi connectivity index (χ2n) is 7.51. The van der Waals surface area contributed by atoms with Crippen LogP contribution in [-0.4, -0.2) is 35.5 Å². The number of hydrogen-bond donors (Lipinski definition) is 2. The Balaban J connectivity index is 1.73. The van der Waals surface area contributed by atoms with Crippen molar-refractivity contribution in [3.05, 3.63) is 81.3 Å². The number of benzene rings is 3. The minimum absolute atomic E-state index is 0.0436. The molecule has 8 nitrogen and oxygen atoms in total. The standard InChI is InChI=1S/C22H20Cl3N3O5S2/c1-14-3-5-17(12-19(14)24)27-35(32,33)18-8-6-16(7-9-18)26-22(29)13-28(34(2,30)31)21-10-4-15(23)11-20(21)25/h3-12,27H,13H2,1-2H3,(H,26,29). The molecular weight excluding hydrogens is 557 g/mol. The van der Waals surface area contributed by atoms with Gasteiger partial charge in [-0.2, -0.15) is 0 Å². The van der Waals surface area contributed by atoms with Gasteiger partial charge < -0.3 is 5.32 Å². The van der Waals surface area contributed by atoms with Gasteiger partial charge in [-0.25, -0.2) is 16.8 Å². The van der Waals surface area contributed by atoms with Crippen molar-refractivity contribution in [2.45, 2.75) is 11.8 Å². The van der Waals surface area contributed by atoms with Crippen LogP contribution in [0.4, 0.5) is 17.1 Å². The fourth-order valence-corrected chi connectivity index (χ4v) is 5.64. The van der Waals surface area contributed by atoms with Gasteiger partial charge in [0.2, 0.25) is 15.9 Å². The molecule has 0 bridgehead atoms. The summed E-state index contributed by atoms with van der Waals surface area (Å²) in [5.41, 5.74) is 1.47. The molecule has 3 aromatic rings. The molecule has 0 radical (unpaired) electrons. The molecule has 0 aliphatic heterocycles. The van der Waals surface area contributed by atoms with E-state index in [1.807, 2.05) is 0 Å². The van der Waals surface area contributed by atoms with Gasteiger partial charge >= 0.3 is 0 Å². The van der Waals surface area contributed by atoms with E-state index in [-0.39, 0.29) is 21.3 Å². The zero-order valence-electron chi connectivity index (χ0n) is 18.4. The maximum absolute atomic E-state index is 12.7. The highest BCUT2D eigenvalue weighted by Crippen LogP contribution is 2.30. The van der Waals surface area contributed by atoms with Crippen molar-refractivity contribution in [3.8, 4) is 0 Å². The first kappa shape index (κ1) is 27.1. The van der Waals surface area contributed by atoms with E-state index in [9.17, 15) is 21.6 Å². The summed E-state index contributed by atoms with van der Waals surface area (Å²) in [6.07, 6.45) is 0.944. The number of halogens is 3. The number of sulfonamides is 2. The van der Waals surface area contributed by atoms with Crippen LogP contribution in [0.2, 0.25) is 15.1 Å². The Morgan fingerprint density at radius 2 is 1.49 bits per heavy atom. The lowest BCUT2D eigenvalue weighted by molar-refractivity contribution is -0.114. The molecule has 3 aromatic carbocycles. The highest BCUT2D eigenvalue weighted by atomic mass is 35.5. The van der Waals surface area contributed by atoms with Gasteiger partial charge in [-0.15, -0.1) is 0 Å². The largest absolute Gasteiger partial charge is 0.325 e. The molecule has 0 atom stereocenters. The summed E-state index contributed by atoms with van der Waals surface area (Å²) in [7, 11) is -7.76. The molecule has 0 aromatic heterocycles. The molecule has 2 N–H and O–H groups in total. The Hall–Kier alpha value is -2.50. The first-order chi connectivity index (χ1) is 16.3. The molecule has 0 heterocycles. The maximum atomic E-state index is 12.7. The van der Waals surface area contributed by atoms with Gasteiger partial charge in [-0.05, 0) is 67.1 Å². The van der Waals surface area contributed by atoms with E-state index in [4.69, 9.17) is 34.8 Å². The van der Waals surface area contributed by atoms with Crippen LogP contribution in [0.1, 0.15) is 5.56 Å². The molecule has 0 fully saturated rings. The number of nitrogens with zero attached hydrogens (tertiary/aromatic N) is 1. The van der Waals surface area contributed by atoms with Gasteiger partial charge in [-0.3, -0.25) is 13.8 Å². The Labute approximate surface area is 218 Å². The molecule has 35 heavy (non-hydrogen) atoms. The molecule has 0 spiro atoms. The van der Waals surface area contributed by atoms with E-state index < -0.39 is 32.5 Å². The Morgan fingerprint density at radius 1 is 0.857 bits per heavy atom. The minimum Gasteiger partial charge on any atom is -0.325 e. The van der Waals surface area contributed by atoms with E-state index >= 15 is 0 Å². The predicted octanol–water partition coefficient (Wildman–Crippen LogP) is 5.16. The van der Waals surface area contributed by atoms with Gasteiger partial charge in [0, 0.05) is 15.7 Å². The van der Waals surface area contributed by atoms with E-state index in [2.05, 4.69) is 10.0 Å². The molecule has 3 rings (SSSR count). The van der Waals surface area contributed by atoms with Crippen LogP contribution in [0, 0.1) is 6.92 Å². The lowest BCUT2D eigenvalue weighted by Gasteiger charge is -2.23. The average Bonchev–Trinajstić information content (AvgIpc) is 2.74. The summed E-state index contributed by atoms with van der Waals surface area (Å²) in [6.45, 7) is 1.24. The van der Waals surface area contributed by atoms with E-state index in [1.165, 1.54) is 48.5 Å². The quantitative estimate of drug-likeness (QED) is 0.385. The molecule has 0 unspecified atom stereocenters. The Bertz CT molecular complexity index is 1480. The van der Waals surface area contributed by atoms with Crippen LogP contribution in [-0.2, 0) is 24.8 Å². The van der Waals surface area contributed by atoms with Gasteiger partial charge in [0.15, 0.2) is 0 Å². The second kappa shape index (κ2) is 10.6. The first-order valence-electron chi connectivity index (χ1n) is 9.88. The molecule has 186 valence electrons. The minimum atomic E-state index is -3.91. The summed E-state index contributed by atoms with van der Waals surface area (Å²) in [4.78, 5) is 12.5. The summed E-state index contributed by atoms with van der Waals surface area (Å²) in [5.74, 6) is -0.663. The normalized spacial score (nSPS) is 11.7. The van der Waals surface area contributed by atoms with Crippen LogP contribution in [0.25, 0.3) is 0 Å². The molecule has 0 saturated heterocycles. The SMILES string of the molecule is Cc1ccc(NS(=O)(=O)c2ccc(NC(=O)CN(c3ccc(Cl)cc3Cl)S(C)(=O)=O)cc2)cc1Cl. The Kier molecular flexibility index (Phi) is 8.23. The van der Waals surface area contributed by atoms with E-state index in [0.717, 1.165) is 16.1 Å². The lowest BCUT2D eigenvalue weighted by Crippen LogP contribution is -2.37. The third-order valence-electron chi connectivity index (χ3n) is 4.74. The number of carbonyl (C=O) groups excluding carboxylic acids is 1. The fourth-order valence-electron chi connectivity index (χ4n) is 2.98. The van der Waals surface area contributed by atoms with Crippen molar-refractivity contribution in [3.63, 3.8) is 0 Å². The molecule has 0 saturated carbocycles. The molecule has 1 amide bonds. The van der Waals surface area contributed by atoms with Crippen LogP contribution >= 0.6 is 34.8 Å². The van der Waals surface area contributed by atoms with Crippen molar-refractivity contribution in [2.75, 3.05) is 27.1 Å². The highest BCUT2D eigenvalue weighted by Gasteiger charge is 2.23. The summed E-state index contributed by atoms with van der Waals surface area (Å²) >= 11 is 18.0. The monoisotopic (exact) mass is 575 g/mol. The van der Waals surface area contributed by atoms with E-state index in [1.54, 1.807) is 19.1 Å². The van der Waals surface area contributed by atoms with Gasteiger partial charge in [-0.1, -0.05) is 40.9 Å². The average molecular weight is 577 g/mol. The van der Waals surface area contributed by atoms with Gasteiger partial charge in [0.25, 0.3) is 10.0 Å². The Morgan fingerprint density at radius 3 is 2.06 bits per heavy atom. The molecular formula is C22H20Cl3N3O5S2. The lowest BCUT2D eigenvalue weighted by atomic mass is 10.2. The smallest absolute Gasteiger partial charge is 0.261 e. The van der Waals surface area contributed by atoms with Crippen LogP contribution in [0.3, 0.4) is 0 Å². The van der Waals surface area contributed by atoms with Crippen LogP contribution in [0.5, 0.6) is 0 Å². The number of aryl methyl sites for hydroxylation is 1. The van der Waals surface area contributed by atoms with Crippen molar-refractivity contribution < 1.29 is 21.6 Å². The third-order valence-corrected chi connectivity index (χ3v) is 8.21. The van der Waals surface area contributed by atoms with Crippen LogP contribution in [0.15, 0.2) is 65.6 Å². The highest BCUT2D eigenvalue weighted by molar-refractivity contribution is 7.92. The maximum Gasteiger partial charge on any atom is 0.261 e. The van der Waals surface area contributed by atoms with Crippen molar-refractivity contribution in [2.24, 2.45) is 0 Å². The van der Waals surface area contributed by atoms with Crippen molar-refractivity contribution in [1.29, 1.82) is 0 Å². The molecule has 13 heteroatoms. The number of nitrogens with one attached hydrogen (secondary N) is 2. The number of anilines is 3. The van der Waals surface area contributed by atoms with Gasteiger partial charge in [0.05, 0.1) is 27.5 Å². The molecule has 0 aliphatic carbocycles. The predicted molar refractivity (Wildman–Crippen MR) is 141 cm³/mol. The summed E-state index contributed by atoms with van der Waals surface area (Å²) < 4.78 is 53.2.